The van der Waals surface area contributed by atoms with Gasteiger partial charge < -0.3 is 0 Å². The third-order valence-corrected chi connectivity index (χ3v) is 0. The average Bonchev–Trinajstić information content (AvgIpc) is 0.918. The van der Waals surface area contributed by atoms with Crippen molar-refractivity contribution in [3.8, 4) is 0 Å². The van der Waals surface area contributed by atoms with Crippen LogP contribution >= 0.6 is 0 Å². The van der Waals surface area contributed by atoms with Crippen molar-refractivity contribution in [2.45, 2.75) is 0 Å². The van der Waals surface area contributed by atoms with Gasteiger partial charge in [0.1, 0.15) is 0 Å². The maximum absolute atomic E-state index is 2.69. The van der Waals surface area contributed by atoms with Gasteiger partial charge in [0.05, 0.1) is 0 Å². The summed E-state index contributed by atoms with van der Waals surface area (Å²) in [5.41, 5.74) is 0. The van der Waals surface area contributed by atoms with Gasteiger partial charge in [-0.2, -0.15) is 0 Å². The SMILES string of the molecule is [Ni].[Ni].[Ni].[Se]=[Ni]=[Se]. The first-order valence-corrected chi connectivity index (χ1v) is 5.53. The molecule has 0 radical (unpaired) electrons. The Morgan fingerprint density at radius 3 is 0.833 bits per heavy atom. The van der Waals surface area contributed by atoms with Crippen molar-refractivity contribution in [1.82, 2.24) is 0 Å². The molecule has 0 aliphatic heterocycles. The fourth-order valence-electron chi connectivity index (χ4n) is 0. The van der Waals surface area contributed by atoms with Crippen molar-refractivity contribution in [2.75, 3.05) is 0 Å². The molecule has 0 aromatic carbocycles. The van der Waals surface area contributed by atoms with Crippen LogP contribution in [0.3, 0.4) is 0 Å². The third kappa shape index (κ3) is 27.9. The van der Waals surface area contributed by atoms with Crippen molar-refractivity contribution in [1.29, 1.82) is 0 Å². The van der Waals surface area contributed by atoms with Crippen molar-refractivity contribution < 1.29 is 59.3 Å². The van der Waals surface area contributed by atoms with Crippen LogP contribution in [0.15, 0.2) is 0 Å². The van der Waals surface area contributed by atoms with E-state index in [1.54, 1.807) is 0 Å². The zero-order valence-corrected chi connectivity index (χ0v) is 9.46. The predicted octanol–water partition coefficient (Wildman–Crippen LogP) is -0.772. The Bertz CT molecular complexity index is 26.5. The molecule has 0 amide bonds. The second kappa shape index (κ2) is 24.5. The Kier molecular flexibility index (Phi) is 93.9. The molecule has 6 heavy (non-hydrogen) atoms. The molecule has 52 valence electrons. The molecule has 0 aromatic rings. The van der Waals surface area contributed by atoms with Crippen LogP contribution in [0.2, 0.25) is 0 Å². The Morgan fingerprint density at radius 2 is 0.833 bits per heavy atom. The monoisotopic (exact) mass is 392 g/mol. The Morgan fingerprint density at radius 1 is 0.833 bits per heavy atom. The Labute approximate surface area is 85.5 Å². The topological polar surface area (TPSA) is 0 Å². The van der Waals surface area contributed by atoms with Crippen molar-refractivity contribution >= 4 is 27.5 Å². The normalized spacial score (nSPS) is 3.33. The maximum atomic E-state index is 2.69. The van der Waals surface area contributed by atoms with Crippen molar-refractivity contribution in [3.63, 3.8) is 0 Å². The molecular formula is Ni4Se2. The zero-order valence-electron chi connectivity index (χ0n) is 2.08. The summed E-state index contributed by atoms with van der Waals surface area (Å²) in [5.74, 6) is 0. The van der Waals surface area contributed by atoms with Gasteiger partial charge in [0.2, 0.25) is 0 Å². The summed E-state index contributed by atoms with van der Waals surface area (Å²) < 4.78 is 0. The Hall–Kier alpha value is 3.01. The van der Waals surface area contributed by atoms with E-state index in [0.29, 0.717) is 0 Å². The fraction of sp³-hybridized carbons (Fsp3) is 0. The molecule has 0 heterocycles. The van der Waals surface area contributed by atoms with Gasteiger partial charge in [-0.05, 0) is 0 Å². The predicted molar refractivity (Wildman–Crippen MR) is 11.5 cm³/mol. The van der Waals surface area contributed by atoms with Gasteiger partial charge in [-0.15, -0.1) is 0 Å². The van der Waals surface area contributed by atoms with Gasteiger partial charge in [-0.1, -0.05) is 0 Å². The van der Waals surface area contributed by atoms with E-state index >= 15 is 0 Å². The molecule has 0 saturated carbocycles. The molecule has 0 atom stereocenters. The van der Waals surface area contributed by atoms with E-state index in [-0.39, 0.29) is 49.5 Å². The molecule has 0 unspecified atom stereocenters. The van der Waals surface area contributed by atoms with Crippen LogP contribution in [-0.2, 0) is 59.3 Å². The van der Waals surface area contributed by atoms with Crippen molar-refractivity contribution in [2.24, 2.45) is 0 Å². The fourth-order valence-corrected chi connectivity index (χ4v) is 0. The number of hydrogen-bond acceptors (Lipinski definition) is 0. The molecule has 0 fully saturated rings. The van der Waals surface area contributed by atoms with Crippen LogP contribution < -0.4 is 0 Å². The first-order chi connectivity index (χ1) is 1.41. The van der Waals surface area contributed by atoms with Crippen LogP contribution in [0.5, 0.6) is 0 Å². The van der Waals surface area contributed by atoms with Crippen LogP contribution in [0.1, 0.15) is 0 Å². The Balaban J connectivity index is -0.00000000667. The quantitative estimate of drug-likeness (QED) is 0.475. The molecule has 0 aliphatic rings. The molecule has 0 spiro atoms. The molecule has 0 aliphatic carbocycles. The van der Waals surface area contributed by atoms with E-state index in [2.05, 4.69) is 27.5 Å². The van der Waals surface area contributed by atoms with Crippen LogP contribution in [0.4, 0.5) is 0 Å². The number of rotatable bonds is 0. The first-order valence-electron chi connectivity index (χ1n) is 0.258. The third-order valence-electron chi connectivity index (χ3n) is 0. The summed E-state index contributed by atoms with van der Waals surface area (Å²) in [6, 6.07) is 0. The van der Waals surface area contributed by atoms with E-state index in [1.165, 1.54) is 9.81 Å². The van der Waals surface area contributed by atoms with Gasteiger partial charge in [0.15, 0.2) is 0 Å². The summed E-state index contributed by atoms with van der Waals surface area (Å²) >= 11 is 5.38. The average molecular weight is 393 g/mol. The van der Waals surface area contributed by atoms with Crippen LogP contribution in [0.25, 0.3) is 0 Å². The molecule has 0 bridgehead atoms. The van der Waals surface area contributed by atoms with Gasteiger partial charge in [0.25, 0.3) is 0 Å². The molecule has 0 N–H and O–H groups in total. The second-order valence-electron chi connectivity index (χ2n) is 0.0527. The zero-order chi connectivity index (χ0) is 2.71. The summed E-state index contributed by atoms with van der Waals surface area (Å²) in [6.07, 6.45) is 0. The summed E-state index contributed by atoms with van der Waals surface area (Å²) in [4.78, 5) is 0. The van der Waals surface area contributed by atoms with Crippen LogP contribution in [0, 0.1) is 0 Å². The molecule has 0 nitrogen and oxygen atoms in total. The van der Waals surface area contributed by atoms with Gasteiger partial charge in [-0.3, -0.25) is 0 Å². The van der Waals surface area contributed by atoms with E-state index in [0.717, 1.165) is 0 Å². The number of hydrogen-bond donors (Lipinski definition) is 0. The van der Waals surface area contributed by atoms with Crippen molar-refractivity contribution in [3.05, 3.63) is 0 Å². The van der Waals surface area contributed by atoms with Gasteiger partial charge in [-0.25, -0.2) is 0 Å². The second-order valence-corrected chi connectivity index (χ2v) is 5.87. The van der Waals surface area contributed by atoms with E-state index in [1.807, 2.05) is 0 Å². The molecular weight excluding hydrogens is 393 g/mol. The van der Waals surface area contributed by atoms with Crippen LogP contribution in [-0.4, -0.2) is 27.5 Å². The van der Waals surface area contributed by atoms with E-state index in [4.69, 9.17) is 0 Å². The summed E-state index contributed by atoms with van der Waals surface area (Å²) in [5, 5.41) is 0. The van der Waals surface area contributed by atoms with E-state index < -0.39 is 0 Å². The molecule has 0 rings (SSSR count). The minimum absolute atomic E-state index is 0. The molecule has 0 aromatic heterocycles. The first kappa shape index (κ1) is 23.0. The molecule has 0 saturated heterocycles. The standard InChI is InChI=1S/4Ni.2Se. The van der Waals surface area contributed by atoms with E-state index in [9.17, 15) is 0 Å². The summed E-state index contributed by atoms with van der Waals surface area (Å²) in [7, 11) is 1.38. The minimum atomic E-state index is 0. The van der Waals surface area contributed by atoms with Gasteiger partial charge in [0, 0.05) is 49.5 Å². The molecule has 6 heteroatoms. The van der Waals surface area contributed by atoms with Gasteiger partial charge >= 0.3 is 37.4 Å². The summed E-state index contributed by atoms with van der Waals surface area (Å²) in [6.45, 7) is 0.